The van der Waals surface area contributed by atoms with Gasteiger partial charge in [0.15, 0.2) is 0 Å². The minimum absolute atomic E-state index is 0.0451. The maximum atomic E-state index is 14.0. The Kier molecular flexibility index (Phi) is 24.7. The van der Waals surface area contributed by atoms with E-state index >= 15 is 0 Å². The topological polar surface area (TPSA) is 229 Å². The van der Waals surface area contributed by atoms with E-state index in [0.29, 0.717) is 19.3 Å². The summed E-state index contributed by atoms with van der Waals surface area (Å²) in [5.74, 6) is -7.09. The Bertz CT molecular complexity index is 1990. The third-order valence-electron chi connectivity index (χ3n) is 12.6. The molecule has 2 aromatic carbocycles. The van der Waals surface area contributed by atoms with Crippen LogP contribution < -0.4 is 10.6 Å². The SMILES string of the molecule is CCCCCCCCCCCC(CC(=O)O)OC(=O)[C@@H](NC[C@@H](CC(C)C)NC(=O)[C@H](CC(=O)O)N1CCN(C(=O)OCC2c3ccccc3-c3ccccc32)CC1=O)[C@@H](C)CC.O=C(O)C(F)(F)F. The zero-order valence-electron chi connectivity index (χ0n) is 41.1. The summed E-state index contributed by atoms with van der Waals surface area (Å²) < 4.78 is 43.4. The number of nitrogens with one attached hydrogen (secondary N) is 2. The lowest BCUT2D eigenvalue weighted by Crippen LogP contribution is -2.61. The molecule has 0 saturated carbocycles. The molecule has 3 amide bonds. The summed E-state index contributed by atoms with van der Waals surface area (Å²) in [5.41, 5.74) is 4.29. The van der Waals surface area contributed by atoms with Gasteiger partial charge in [-0.15, -0.1) is 0 Å². The Labute approximate surface area is 409 Å². The Morgan fingerprint density at radius 3 is 1.83 bits per heavy atom. The molecule has 4 rings (SSSR count). The maximum Gasteiger partial charge on any atom is 0.490 e. The lowest BCUT2D eigenvalue weighted by molar-refractivity contribution is -0.192. The minimum atomic E-state index is -5.08. The van der Waals surface area contributed by atoms with Gasteiger partial charge >= 0.3 is 36.1 Å². The molecule has 1 fully saturated rings. The quantitative estimate of drug-likeness (QED) is 0.0399. The Morgan fingerprint density at radius 2 is 1.33 bits per heavy atom. The van der Waals surface area contributed by atoms with Crippen LogP contribution in [0.1, 0.15) is 142 Å². The summed E-state index contributed by atoms with van der Waals surface area (Å²) in [6.07, 6.45) is 4.13. The van der Waals surface area contributed by atoms with Crippen LogP contribution in [0.15, 0.2) is 48.5 Å². The molecule has 1 saturated heterocycles. The second kappa shape index (κ2) is 29.5. The van der Waals surface area contributed by atoms with Gasteiger partial charge in [0.05, 0.1) is 12.8 Å². The number of fused-ring (bicyclic) bond motifs is 3. The number of hydrogen-bond acceptors (Lipinski definition) is 10. The molecule has 0 bridgehead atoms. The standard InChI is InChI=1S/C49H72N4O10.C2HF3O2/c1-6-8-9-10-11-12-13-14-15-20-36(28-44(55)56)63-48(60)46(34(5)7-2)50-30-35(27-33(3)4)51-47(59)42(29-45(57)58)53-26-25-52(31-43(53)54)49(61)62-32-41-39-23-18-16-21-37(39)38-22-17-19-24-40(38)41;3-2(4,5)1(6)7/h16-19,21-24,33-36,41-42,46,50H,6-15,20,25-32H2,1-5H3,(H,51,59)(H,55,56)(H,57,58);(H,6,7)/t34-,35+,36?,42-,46-;/m0./s1. The van der Waals surface area contributed by atoms with Gasteiger partial charge in [-0.25, -0.2) is 9.59 Å². The van der Waals surface area contributed by atoms with Crippen molar-refractivity contribution in [1.82, 2.24) is 20.4 Å². The monoisotopic (exact) mass is 991 g/mol. The van der Waals surface area contributed by atoms with Crippen molar-refractivity contribution in [1.29, 1.82) is 0 Å². The van der Waals surface area contributed by atoms with E-state index in [4.69, 9.17) is 19.4 Å². The molecule has 1 unspecified atom stereocenters. The largest absolute Gasteiger partial charge is 0.490 e. The van der Waals surface area contributed by atoms with Crippen LogP contribution in [0.4, 0.5) is 18.0 Å². The summed E-state index contributed by atoms with van der Waals surface area (Å²) in [7, 11) is 0. The van der Waals surface area contributed by atoms with Crippen molar-refractivity contribution < 1.29 is 71.5 Å². The molecule has 1 aliphatic carbocycles. The first-order chi connectivity index (χ1) is 33.2. The van der Waals surface area contributed by atoms with E-state index in [0.717, 1.165) is 47.9 Å². The number of carbonyl (C=O) groups is 7. The number of aliphatic carboxylic acids is 3. The van der Waals surface area contributed by atoms with Gasteiger partial charge in [-0.3, -0.25) is 28.9 Å². The van der Waals surface area contributed by atoms with Crippen LogP contribution in [-0.2, 0) is 38.2 Å². The van der Waals surface area contributed by atoms with Crippen molar-refractivity contribution in [3.8, 4) is 11.1 Å². The highest BCUT2D eigenvalue weighted by Gasteiger charge is 2.40. The number of amides is 3. The van der Waals surface area contributed by atoms with E-state index < -0.39 is 78.6 Å². The number of piperazine rings is 1. The van der Waals surface area contributed by atoms with Crippen molar-refractivity contribution in [2.24, 2.45) is 11.8 Å². The molecule has 5 N–H and O–H groups in total. The first kappa shape index (κ1) is 58.6. The van der Waals surface area contributed by atoms with Crippen molar-refractivity contribution >= 4 is 41.8 Å². The fourth-order valence-corrected chi connectivity index (χ4v) is 8.77. The molecule has 70 heavy (non-hydrogen) atoms. The average Bonchev–Trinajstić information content (AvgIpc) is 3.62. The van der Waals surface area contributed by atoms with Crippen LogP contribution in [0.5, 0.6) is 0 Å². The fourth-order valence-electron chi connectivity index (χ4n) is 8.77. The van der Waals surface area contributed by atoms with E-state index in [1.54, 1.807) is 0 Å². The normalized spacial score (nSPS) is 15.6. The van der Waals surface area contributed by atoms with Crippen molar-refractivity contribution in [3.05, 3.63) is 59.7 Å². The van der Waals surface area contributed by atoms with E-state index in [1.165, 1.54) is 41.9 Å². The maximum absolute atomic E-state index is 14.0. The first-order valence-corrected chi connectivity index (χ1v) is 24.5. The molecule has 5 atom stereocenters. The molecule has 390 valence electrons. The molecule has 0 radical (unpaired) electrons. The number of carboxylic acid groups (broad SMARTS) is 3. The number of rotatable bonds is 28. The lowest BCUT2D eigenvalue weighted by Gasteiger charge is -2.38. The van der Waals surface area contributed by atoms with Gasteiger partial charge < -0.3 is 40.3 Å². The summed E-state index contributed by atoms with van der Waals surface area (Å²) in [5, 5.41) is 32.8. The lowest BCUT2D eigenvalue weighted by atomic mass is 9.97. The van der Waals surface area contributed by atoms with E-state index in [2.05, 4.69) is 17.6 Å². The molecule has 1 aliphatic heterocycles. The van der Waals surface area contributed by atoms with Gasteiger partial charge in [0, 0.05) is 31.6 Å². The predicted molar refractivity (Wildman–Crippen MR) is 255 cm³/mol. The number of carboxylic acids is 3. The van der Waals surface area contributed by atoms with Gasteiger partial charge in [0.25, 0.3) is 0 Å². The highest BCUT2D eigenvalue weighted by molar-refractivity contribution is 5.92. The van der Waals surface area contributed by atoms with Crippen LogP contribution in [0, 0.1) is 11.8 Å². The summed E-state index contributed by atoms with van der Waals surface area (Å²) >= 11 is 0. The van der Waals surface area contributed by atoms with Gasteiger partial charge in [0.2, 0.25) is 11.8 Å². The predicted octanol–water partition coefficient (Wildman–Crippen LogP) is 8.40. The number of nitrogens with zero attached hydrogens (tertiary/aromatic N) is 2. The van der Waals surface area contributed by atoms with Crippen LogP contribution in [-0.4, -0.2) is 130 Å². The highest BCUT2D eigenvalue weighted by Crippen LogP contribution is 2.44. The number of unbranched alkanes of at least 4 members (excludes halogenated alkanes) is 8. The van der Waals surface area contributed by atoms with Crippen LogP contribution in [0.25, 0.3) is 11.1 Å². The Hall–Kier alpha value is -5.72. The minimum Gasteiger partial charge on any atom is -0.481 e. The zero-order chi connectivity index (χ0) is 52.0. The summed E-state index contributed by atoms with van der Waals surface area (Å²) in [4.78, 5) is 89.8. The Balaban J connectivity index is 0.00000171. The first-order valence-electron chi connectivity index (χ1n) is 24.5. The van der Waals surface area contributed by atoms with E-state index in [1.807, 2.05) is 76.2 Å². The van der Waals surface area contributed by atoms with Gasteiger partial charge in [-0.2, -0.15) is 13.2 Å². The molecule has 1 heterocycles. The number of alkyl halides is 3. The third-order valence-corrected chi connectivity index (χ3v) is 12.6. The summed E-state index contributed by atoms with van der Waals surface area (Å²) in [6, 6.07) is 13.3. The van der Waals surface area contributed by atoms with Crippen molar-refractivity contribution in [2.45, 2.75) is 161 Å². The van der Waals surface area contributed by atoms with E-state index in [-0.39, 0.29) is 57.0 Å². The van der Waals surface area contributed by atoms with Crippen molar-refractivity contribution in [3.63, 3.8) is 0 Å². The van der Waals surface area contributed by atoms with Gasteiger partial charge in [-0.05, 0) is 53.4 Å². The number of ether oxygens (including phenoxy) is 2. The second-order valence-corrected chi connectivity index (χ2v) is 18.6. The number of benzene rings is 2. The third kappa shape index (κ3) is 19.2. The average molecular weight is 991 g/mol. The van der Waals surface area contributed by atoms with Crippen LogP contribution in [0.3, 0.4) is 0 Å². The number of carbonyl (C=O) groups excluding carboxylic acids is 4. The van der Waals surface area contributed by atoms with Crippen molar-refractivity contribution in [2.75, 3.05) is 32.8 Å². The summed E-state index contributed by atoms with van der Waals surface area (Å²) in [6.45, 7) is 9.80. The van der Waals surface area contributed by atoms with Crippen LogP contribution in [0.2, 0.25) is 0 Å². The smallest absolute Gasteiger partial charge is 0.481 e. The highest BCUT2D eigenvalue weighted by atomic mass is 19.4. The number of hydrogen-bond donors (Lipinski definition) is 5. The molecule has 2 aromatic rings. The fraction of sp³-hybridized carbons (Fsp3) is 0.627. The van der Waals surface area contributed by atoms with E-state index in [9.17, 15) is 52.2 Å². The molecule has 2 aliphatic rings. The zero-order valence-corrected chi connectivity index (χ0v) is 41.1. The molecule has 16 nitrogen and oxygen atoms in total. The Morgan fingerprint density at radius 1 is 0.786 bits per heavy atom. The van der Waals surface area contributed by atoms with Crippen LogP contribution >= 0.6 is 0 Å². The molecular weight excluding hydrogens is 918 g/mol. The molecule has 0 spiro atoms. The second-order valence-electron chi connectivity index (χ2n) is 18.6. The molecular formula is C51H73F3N4O12. The number of halogens is 3. The number of esters is 1. The van der Waals surface area contributed by atoms with Gasteiger partial charge in [-0.1, -0.05) is 141 Å². The molecule has 0 aromatic heterocycles. The van der Waals surface area contributed by atoms with Gasteiger partial charge in [0.1, 0.15) is 31.3 Å². The molecule has 19 heteroatoms.